The first-order valence-corrected chi connectivity index (χ1v) is 11.1. The Balaban J connectivity index is 1.12. The summed E-state index contributed by atoms with van der Waals surface area (Å²) >= 11 is 0. The number of pyridine rings is 2. The standard InChI is InChI=1S/C24H27FN4O3/c25-19-3-1-18-2-4-24(30)29(21(18)11-19)8-7-28-6-5-17(16-28)13-26-14-20-12-22-23(15-27-20)32-10-9-31-22/h1-4,11-12,15,17,26H,5-10,13-14,16H2. The number of halogens is 1. The highest BCUT2D eigenvalue weighted by atomic mass is 19.1. The number of aromatic nitrogens is 2. The number of likely N-dealkylation sites (tertiary alicyclic amines) is 1. The van der Waals surface area contributed by atoms with Gasteiger partial charge in [-0.15, -0.1) is 0 Å². The number of nitrogens with zero attached hydrogens (tertiary/aromatic N) is 3. The normalized spacial score (nSPS) is 18.3. The van der Waals surface area contributed by atoms with Gasteiger partial charge in [0.15, 0.2) is 11.5 Å². The summed E-state index contributed by atoms with van der Waals surface area (Å²) in [5, 5.41) is 4.38. The van der Waals surface area contributed by atoms with Crippen LogP contribution < -0.4 is 20.3 Å². The zero-order chi connectivity index (χ0) is 21.9. The molecule has 32 heavy (non-hydrogen) atoms. The van der Waals surface area contributed by atoms with Gasteiger partial charge in [0.1, 0.15) is 19.0 Å². The van der Waals surface area contributed by atoms with E-state index in [9.17, 15) is 9.18 Å². The second-order valence-electron chi connectivity index (χ2n) is 8.43. The molecular weight excluding hydrogens is 411 g/mol. The van der Waals surface area contributed by atoms with Crippen LogP contribution in [0.1, 0.15) is 12.1 Å². The summed E-state index contributed by atoms with van der Waals surface area (Å²) in [5.74, 6) is 1.70. The number of benzene rings is 1. The van der Waals surface area contributed by atoms with Gasteiger partial charge in [-0.25, -0.2) is 4.39 Å². The molecule has 1 atom stereocenters. The lowest BCUT2D eigenvalue weighted by Gasteiger charge is -2.19. The Morgan fingerprint density at radius 3 is 2.84 bits per heavy atom. The van der Waals surface area contributed by atoms with Crippen LogP contribution in [0.15, 0.2) is 47.4 Å². The van der Waals surface area contributed by atoms with Crippen molar-refractivity contribution >= 4 is 10.9 Å². The fourth-order valence-electron chi connectivity index (χ4n) is 4.51. The van der Waals surface area contributed by atoms with Crippen LogP contribution in [0, 0.1) is 11.7 Å². The third kappa shape index (κ3) is 4.61. The van der Waals surface area contributed by atoms with E-state index in [1.807, 2.05) is 6.07 Å². The highest BCUT2D eigenvalue weighted by molar-refractivity contribution is 5.78. The van der Waals surface area contributed by atoms with Gasteiger partial charge >= 0.3 is 0 Å². The molecule has 8 heteroatoms. The highest BCUT2D eigenvalue weighted by Gasteiger charge is 2.22. The molecule has 1 N–H and O–H groups in total. The van der Waals surface area contributed by atoms with Crippen molar-refractivity contribution in [1.29, 1.82) is 0 Å². The van der Waals surface area contributed by atoms with Crippen molar-refractivity contribution in [3.05, 3.63) is 64.5 Å². The molecule has 2 aromatic heterocycles. The van der Waals surface area contributed by atoms with Gasteiger partial charge in [-0.3, -0.25) is 9.78 Å². The minimum absolute atomic E-state index is 0.0903. The van der Waals surface area contributed by atoms with Gasteiger partial charge in [-0.2, -0.15) is 0 Å². The van der Waals surface area contributed by atoms with E-state index >= 15 is 0 Å². The van der Waals surface area contributed by atoms with Gasteiger partial charge in [0.05, 0.1) is 17.4 Å². The van der Waals surface area contributed by atoms with E-state index in [0.717, 1.165) is 49.4 Å². The molecule has 0 saturated carbocycles. The zero-order valence-electron chi connectivity index (χ0n) is 17.9. The molecule has 168 valence electrons. The minimum atomic E-state index is -0.323. The van der Waals surface area contributed by atoms with Crippen LogP contribution in [0.2, 0.25) is 0 Å². The maximum atomic E-state index is 13.7. The van der Waals surface area contributed by atoms with Gasteiger partial charge in [-0.05, 0) is 55.1 Å². The van der Waals surface area contributed by atoms with E-state index in [-0.39, 0.29) is 11.4 Å². The summed E-state index contributed by atoms with van der Waals surface area (Å²) in [7, 11) is 0. The first-order chi connectivity index (χ1) is 15.7. The van der Waals surface area contributed by atoms with Gasteiger partial charge < -0.3 is 24.3 Å². The molecule has 5 rings (SSSR count). The van der Waals surface area contributed by atoms with E-state index in [0.29, 0.717) is 43.5 Å². The molecule has 0 bridgehead atoms. The van der Waals surface area contributed by atoms with Crippen molar-refractivity contribution in [2.24, 2.45) is 5.92 Å². The van der Waals surface area contributed by atoms with Crippen molar-refractivity contribution in [1.82, 2.24) is 19.8 Å². The largest absolute Gasteiger partial charge is 0.486 e. The number of hydrogen-bond donors (Lipinski definition) is 1. The predicted molar refractivity (Wildman–Crippen MR) is 120 cm³/mol. The Labute approximate surface area is 185 Å². The Hall–Kier alpha value is -2.97. The Bertz CT molecular complexity index is 1170. The fourth-order valence-corrected chi connectivity index (χ4v) is 4.51. The molecule has 1 unspecified atom stereocenters. The molecule has 1 fully saturated rings. The molecule has 2 aliphatic heterocycles. The van der Waals surface area contributed by atoms with E-state index < -0.39 is 0 Å². The molecule has 7 nitrogen and oxygen atoms in total. The third-order valence-corrected chi connectivity index (χ3v) is 6.19. The molecule has 3 aromatic rings. The molecule has 0 aliphatic carbocycles. The first-order valence-electron chi connectivity index (χ1n) is 11.1. The van der Waals surface area contributed by atoms with Gasteiger partial charge in [0.25, 0.3) is 5.56 Å². The summed E-state index contributed by atoms with van der Waals surface area (Å²) in [4.78, 5) is 19.2. The van der Waals surface area contributed by atoms with Gasteiger partial charge in [0.2, 0.25) is 0 Å². The lowest BCUT2D eigenvalue weighted by molar-refractivity contribution is 0.170. The average Bonchev–Trinajstić information content (AvgIpc) is 3.26. The smallest absolute Gasteiger partial charge is 0.251 e. The fraction of sp³-hybridized carbons (Fsp3) is 0.417. The van der Waals surface area contributed by atoms with Crippen molar-refractivity contribution in [3.63, 3.8) is 0 Å². The molecular formula is C24H27FN4O3. The summed E-state index contributed by atoms with van der Waals surface area (Å²) in [6.07, 6.45) is 2.84. The number of rotatable bonds is 7. The van der Waals surface area contributed by atoms with Gasteiger partial charge in [0, 0.05) is 38.3 Å². The van der Waals surface area contributed by atoms with Crippen LogP contribution >= 0.6 is 0 Å². The van der Waals surface area contributed by atoms with Crippen LogP contribution in [0.5, 0.6) is 11.5 Å². The molecule has 0 spiro atoms. The second-order valence-corrected chi connectivity index (χ2v) is 8.43. The molecule has 0 radical (unpaired) electrons. The third-order valence-electron chi connectivity index (χ3n) is 6.19. The Morgan fingerprint density at radius 1 is 1.09 bits per heavy atom. The lowest BCUT2D eigenvalue weighted by Crippen LogP contribution is -2.31. The molecule has 1 saturated heterocycles. The van der Waals surface area contributed by atoms with Crippen molar-refractivity contribution in [3.8, 4) is 11.5 Å². The maximum Gasteiger partial charge on any atom is 0.251 e. The van der Waals surface area contributed by atoms with E-state index in [1.54, 1.807) is 29.0 Å². The van der Waals surface area contributed by atoms with E-state index in [2.05, 4.69) is 15.2 Å². The quantitative estimate of drug-likeness (QED) is 0.611. The van der Waals surface area contributed by atoms with Crippen LogP contribution in [-0.4, -0.2) is 53.8 Å². The van der Waals surface area contributed by atoms with E-state index in [1.165, 1.54) is 12.1 Å². The van der Waals surface area contributed by atoms with Crippen LogP contribution in [0.25, 0.3) is 10.9 Å². The maximum absolute atomic E-state index is 13.7. The monoisotopic (exact) mass is 438 g/mol. The number of ether oxygens (including phenoxy) is 2. The topological polar surface area (TPSA) is 68.6 Å². The zero-order valence-corrected chi connectivity index (χ0v) is 17.9. The summed E-state index contributed by atoms with van der Waals surface area (Å²) in [6.45, 7) is 6.04. The highest BCUT2D eigenvalue weighted by Crippen LogP contribution is 2.29. The van der Waals surface area contributed by atoms with Crippen LogP contribution in [0.3, 0.4) is 0 Å². The van der Waals surface area contributed by atoms with Crippen molar-refractivity contribution in [2.45, 2.75) is 19.5 Å². The molecule has 4 heterocycles. The molecule has 1 aromatic carbocycles. The Kier molecular flexibility index (Phi) is 6.05. The lowest BCUT2D eigenvalue weighted by atomic mass is 10.1. The summed E-state index contributed by atoms with van der Waals surface area (Å²) < 4.78 is 26.5. The number of hydrogen-bond acceptors (Lipinski definition) is 6. The van der Waals surface area contributed by atoms with Gasteiger partial charge in [-0.1, -0.05) is 0 Å². The molecule has 0 amide bonds. The second kappa shape index (κ2) is 9.26. The minimum Gasteiger partial charge on any atom is -0.486 e. The summed E-state index contributed by atoms with van der Waals surface area (Å²) in [5.41, 5.74) is 1.50. The average molecular weight is 439 g/mol. The van der Waals surface area contributed by atoms with E-state index in [4.69, 9.17) is 9.47 Å². The van der Waals surface area contributed by atoms with Crippen LogP contribution in [0.4, 0.5) is 4.39 Å². The summed E-state index contributed by atoms with van der Waals surface area (Å²) in [6, 6.07) is 9.83. The Morgan fingerprint density at radius 2 is 1.94 bits per heavy atom. The predicted octanol–water partition coefficient (Wildman–Crippen LogP) is 2.42. The van der Waals surface area contributed by atoms with Crippen molar-refractivity contribution in [2.75, 3.05) is 39.4 Å². The molecule has 2 aliphatic rings. The number of nitrogens with one attached hydrogen (secondary N) is 1. The number of fused-ring (bicyclic) bond motifs is 2. The van der Waals surface area contributed by atoms with Crippen LogP contribution in [-0.2, 0) is 13.1 Å². The first kappa shape index (κ1) is 20.9. The van der Waals surface area contributed by atoms with Crippen molar-refractivity contribution < 1.29 is 13.9 Å². The SMILES string of the molecule is O=c1ccc2ccc(F)cc2n1CCN1CCC(CNCc2cc3c(cn2)OCCO3)C1.